The number of rotatable bonds is 9. The molecule has 0 radical (unpaired) electrons. The van der Waals surface area contributed by atoms with E-state index in [4.69, 9.17) is 10.1 Å². The summed E-state index contributed by atoms with van der Waals surface area (Å²) < 4.78 is 6.07. The summed E-state index contributed by atoms with van der Waals surface area (Å²) in [6.07, 6.45) is 6.40. The van der Waals surface area contributed by atoms with Crippen molar-refractivity contribution in [2.75, 3.05) is 25.5 Å². The number of nitrogens with one attached hydrogen (secondary N) is 3. The zero-order valence-corrected chi connectivity index (χ0v) is 20.2. The highest BCUT2D eigenvalue weighted by Crippen LogP contribution is 2.31. The lowest BCUT2D eigenvalue weighted by molar-refractivity contribution is 0.0792. The summed E-state index contributed by atoms with van der Waals surface area (Å²) >= 11 is 0. The number of ether oxygens (including phenoxy) is 1. The van der Waals surface area contributed by atoms with Crippen LogP contribution >= 0.6 is 0 Å². The van der Waals surface area contributed by atoms with Crippen LogP contribution in [0.5, 0.6) is 11.5 Å². The Morgan fingerprint density at radius 1 is 1.14 bits per heavy atom. The molecule has 5 rings (SSSR count). The molecule has 180 valence electrons. The average molecular weight is 470 g/mol. The molecule has 1 aromatic heterocycles. The number of carbonyl (C=O) groups excluding carboxylic acids is 1. The lowest BCUT2D eigenvalue weighted by atomic mass is 9.98. The molecule has 1 amide bonds. The first kappa shape index (κ1) is 23.1. The highest BCUT2D eigenvalue weighted by Gasteiger charge is 2.38. The van der Waals surface area contributed by atoms with Crippen LogP contribution in [0, 0.1) is 5.41 Å². The largest absolute Gasteiger partial charge is 0.457 e. The number of aromatic nitrogens is 1. The van der Waals surface area contributed by atoms with Gasteiger partial charge in [0, 0.05) is 73.1 Å². The number of nitrogens with zero attached hydrogens (tertiary/aromatic N) is 2. The molecule has 3 N–H and O–H groups in total. The number of pyridine rings is 1. The summed E-state index contributed by atoms with van der Waals surface area (Å²) in [5, 5.41) is 13.8. The number of carbonyl (C=O) groups is 1. The summed E-state index contributed by atoms with van der Waals surface area (Å²) in [6.45, 7) is 4.00. The van der Waals surface area contributed by atoms with Crippen molar-refractivity contribution in [3.05, 3.63) is 71.4 Å². The van der Waals surface area contributed by atoms with Gasteiger partial charge in [0.05, 0.1) is 11.7 Å². The van der Waals surface area contributed by atoms with E-state index >= 15 is 0 Å². The first-order valence-corrected chi connectivity index (χ1v) is 12.2. The van der Waals surface area contributed by atoms with Crippen molar-refractivity contribution in [1.29, 1.82) is 5.41 Å². The fourth-order valence-corrected chi connectivity index (χ4v) is 4.58. The van der Waals surface area contributed by atoms with E-state index in [2.05, 4.69) is 33.5 Å². The van der Waals surface area contributed by atoms with Crippen LogP contribution in [0.4, 0.5) is 5.69 Å². The van der Waals surface area contributed by atoms with Gasteiger partial charge in [-0.3, -0.25) is 14.7 Å². The number of aryl methyl sites for hydroxylation is 1. The molecule has 2 heterocycles. The fraction of sp³-hybridized carbons (Fsp3) is 0.321. The number of benzene rings is 2. The van der Waals surface area contributed by atoms with Crippen molar-refractivity contribution in [1.82, 2.24) is 15.2 Å². The topological polar surface area (TPSA) is 90.3 Å². The molecule has 1 saturated heterocycles. The Morgan fingerprint density at radius 2 is 1.94 bits per heavy atom. The van der Waals surface area contributed by atoms with Gasteiger partial charge in [-0.05, 0) is 55.2 Å². The predicted molar refractivity (Wildman–Crippen MR) is 139 cm³/mol. The summed E-state index contributed by atoms with van der Waals surface area (Å²) in [4.78, 5) is 19.9. The van der Waals surface area contributed by atoms with E-state index < -0.39 is 0 Å². The van der Waals surface area contributed by atoms with Crippen molar-refractivity contribution in [3.63, 3.8) is 0 Å². The van der Waals surface area contributed by atoms with Crippen LogP contribution in [0.2, 0.25) is 0 Å². The predicted octanol–water partition coefficient (Wildman–Crippen LogP) is 4.72. The molecule has 0 bridgehead atoms. The van der Waals surface area contributed by atoms with Gasteiger partial charge in [0.25, 0.3) is 5.91 Å². The third kappa shape index (κ3) is 5.05. The van der Waals surface area contributed by atoms with Gasteiger partial charge in [-0.15, -0.1) is 0 Å². The standard InChI is InChI=1S/C28H31N5O2/c1-3-18-12-19(5-9-25(18)28(34)32-21-16-33(17-21)22-6-7-22)27-14-24(10-11-31-27)35-23-8-4-20(15-29)26(13-23)30-2/h4-5,8-15,21-22,29-30H,3,6-7,16-17H2,1-2H3,(H,32,34). The highest BCUT2D eigenvalue weighted by molar-refractivity contribution is 5.96. The zero-order valence-electron chi connectivity index (χ0n) is 20.2. The van der Waals surface area contributed by atoms with Crippen LogP contribution in [-0.4, -0.2) is 54.2 Å². The normalized spacial score (nSPS) is 15.8. The summed E-state index contributed by atoms with van der Waals surface area (Å²) in [7, 11) is 1.82. The van der Waals surface area contributed by atoms with Gasteiger partial charge < -0.3 is 20.8 Å². The maximum atomic E-state index is 12.9. The van der Waals surface area contributed by atoms with Crippen LogP contribution in [0.25, 0.3) is 11.3 Å². The second-order valence-corrected chi connectivity index (χ2v) is 9.20. The fourth-order valence-electron chi connectivity index (χ4n) is 4.58. The third-order valence-corrected chi connectivity index (χ3v) is 6.75. The molecule has 3 aromatic rings. The number of hydrogen-bond acceptors (Lipinski definition) is 6. The van der Waals surface area contributed by atoms with Gasteiger partial charge in [-0.25, -0.2) is 0 Å². The minimum Gasteiger partial charge on any atom is -0.457 e. The van der Waals surface area contributed by atoms with E-state index in [-0.39, 0.29) is 11.9 Å². The molecule has 1 saturated carbocycles. The van der Waals surface area contributed by atoms with Gasteiger partial charge in [0.2, 0.25) is 0 Å². The molecular weight excluding hydrogens is 438 g/mol. The number of anilines is 1. The van der Waals surface area contributed by atoms with E-state index in [0.717, 1.165) is 59.2 Å². The van der Waals surface area contributed by atoms with Gasteiger partial charge in [0.1, 0.15) is 11.5 Å². The van der Waals surface area contributed by atoms with Crippen LogP contribution in [0.3, 0.4) is 0 Å². The molecule has 35 heavy (non-hydrogen) atoms. The quantitative estimate of drug-likeness (QED) is 0.395. The number of amides is 1. The Kier molecular flexibility index (Phi) is 6.51. The summed E-state index contributed by atoms with van der Waals surface area (Å²) in [5.41, 5.74) is 5.10. The maximum absolute atomic E-state index is 12.9. The van der Waals surface area contributed by atoms with Crippen molar-refractivity contribution in [2.24, 2.45) is 0 Å². The van der Waals surface area contributed by atoms with E-state index in [9.17, 15) is 4.79 Å². The second kappa shape index (κ2) is 9.88. The molecule has 0 unspecified atom stereocenters. The Balaban J connectivity index is 1.30. The lowest BCUT2D eigenvalue weighted by Crippen LogP contribution is -2.59. The van der Waals surface area contributed by atoms with Gasteiger partial charge in [-0.2, -0.15) is 0 Å². The molecule has 0 spiro atoms. The zero-order chi connectivity index (χ0) is 24.4. The molecule has 2 aliphatic rings. The molecule has 1 aliphatic heterocycles. The van der Waals surface area contributed by atoms with Crippen LogP contribution in [0.15, 0.2) is 54.7 Å². The van der Waals surface area contributed by atoms with Crippen LogP contribution in [-0.2, 0) is 6.42 Å². The highest BCUT2D eigenvalue weighted by atomic mass is 16.5. The minimum atomic E-state index is 0.00704. The molecule has 0 atom stereocenters. The van der Waals surface area contributed by atoms with E-state index in [1.807, 2.05) is 49.5 Å². The van der Waals surface area contributed by atoms with Crippen molar-refractivity contribution < 1.29 is 9.53 Å². The Morgan fingerprint density at radius 3 is 2.66 bits per heavy atom. The SMILES string of the molecule is CCc1cc(-c2cc(Oc3ccc(C=N)c(NC)c3)ccn2)ccc1C(=O)NC1CN(C2CC2)C1. The maximum Gasteiger partial charge on any atom is 0.251 e. The number of hydrogen-bond donors (Lipinski definition) is 3. The van der Waals surface area contributed by atoms with Gasteiger partial charge in [-0.1, -0.05) is 13.0 Å². The van der Waals surface area contributed by atoms with Gasteiger partial charge >= 0.3 is 0 Å². The summed E-state index contributed by atoms with van der Waals surface area (Å²) in [6, 6.07) is 16.2. The van der Waals surface area contributed by atoms with E-state index in [1.165, 1.54) is 19.1 Å². The number of likely N-dealkylation sites (tertiary alicyclic amines) is 1. The molecule has 2 aromatic carbocycles. The van der Waals surface area contributed by atoms with Crippen LogP contribution < -0.4 is 15.4 Å². The Hall–Kier alpha value is -3.71. The third-order valence-electron chi connectivity index (χ3n) is 6.75. The van der Waals surface area contributed by atoms with Gasteiger partial charge in [0.15, 0.2) is 0 Å². The van der Waals surface area contributed by atoms with E-state index in [1.54, 1.807) is 6.20 Å². The average Bonchev–Trinajstić information content (AvgIpc) is 3.70. The van der Waals surface area contributed by atoms with Crippen molar-refractivity contribution in [3.8, 4) is 22.8 Å². The lowest BCUT2D eigenvalue weighted by Gasteiger charge is -2.39. The molecule has 7 nitrogen and oxygen atoms in total. The Bertz CT molecular complexity index is 1250. The first-order chi connectivity index (χ1) is 17.1. The van der Waals surface area contributed by atoms with Crippen LogP contribution in [0.1, 0.15) is 41.3 Å². The Labute approximate surface area is 206 Å². The molecular formula is C28H31N5O2. The molecule has 1 aliphatic carbocycles. The smallest absolute Gasteiger partial charge is 0.251 e. The molecule has 7 heteroatoms. The van der Waals surface area contributed by atoms with Crippen molar-refractivity contribution in [2.45, 2.75) is 38.3 Å². The second-order valence-electron chi connectivity index (χ2n) is 9.20. The van der Waals surface area contributed by atoms with Crippen molar-refractivity contribution >= 4 is 17.8 Å². The monoisotopic (exact) mass is 469 g/mol. The minimum absolute atomic E-state index is 0.00704. The first-order valence-electron chi connectivity index (χ1n) is 12.2. The van der Waals surface area contributed by atoms with E-state index in [0.29, 0.717) is 11.5 Å². The molecule has 2 fully saturated rings. The summed E-state index contributed by atoms with van der Waals surface area (Å²) in [5.74, 6) is 1.35.